The van der Waals surface area contributed by atoms with Crippen LogP contribution in [0.1, 0.15) is 97.3 Å². The average molecular weight is 392 g/mol. The van der Waals surface area contributed by atoms with Crippen molar-refractivity contribution in [1.82, 2.24) is 11.1 Å². The van der Waals surface area contributed by atoms with Gasteiger partial charge in [0.05, 0.1) is 0 Å². The zero-order chi connectivity index (χ0) is 18.2. The first kappa shape index (κ1) is 30.2. The molecule has 0 aliphatic rings. The van der Waals surface area contributed by atoms with Gasteiger partial charge in [-0.2, -0.15) is 0 Å². The quantitative estimate of drug-likeness (QED) is 0.249. The molecule has 5 heteroatoms. The Morgan fingerprint density at radius 2 is 1.23 bits per heavy atom. The monoisotopic (exact) mass is 391 g/mol. The molecule has 0 saturated heterocycles. The number of carbonyl (C=O) groups excluding carboxylic acids is 1. The molecular formula is C21H46ClN3O. The summed E-state index contributed by atoms with van der Waals surface area (Å²) in [5.41, 5.74) is 7.56. The van der Waals surface area contributed by atoms with Crippen LogP contribution in [0.25, 0.3) is 0 Å². The second-order valence-electron chi connectivity index (χ2n) is 7.43. The van der Waals surface area contributed by atoms with Crippen molar-refractivity contribution in [2.45, 2.75) is 97.3 Å². The molecule has 0 atom stereocenters. The molecule has 5 N–H and O–H groups in total. The van der Waals surface area contributed by atoms with E-state index in [2.05, 4.69) is 25.9 Å². The van der Waals surface area contributed by atoms with E-state index in [4.69, 9.17) is 5.73 Å². The van der Waals surface area contributed by atoms with Crippen molar-refractivity contribution in [1.29, 1.82) is 0 Å². The van der Waals surface area contributed by atoms with Crippen LogP contribution in [0, 0.1) is 0 Å². The van der Waals surface area contributed by atoms with Crippen molar-refractivity contribution in [2.24, 2.45) is 5.73 Å². The number of rotatable bonds is 16. The standard InChI is InChI=1S/C21H42N2O.ClH.H3N/c1-5-6-7-8-9-10-11-12-13-14-16-20(19(2)21(22)24)17-15-18-23(3)4;;/h5-18H2,1-4H3,(H2,22,24);1H;1H3. The van der Waals surface area contributed by atoms with Gasteiger partial charge >= 0.3 is 0 Å². The molecule has 0 bridgehead atoms. The second kappa shape index (κ2) is 20.7. The Balaban J connectivity index is -0.00000264. The summed E-state index contributed by atoms with van der Waals surface area (Å²) in [6.07, 6.45) is 16.6. The minimum Gasteiger partial charge on any atom is -0.366 e. The summed E-state index contributed by atoms with van der Waals surface area (Å²) in [7, 11) is 4.18. The predicted octanol–water partition coefficient (Wildman–Crippen LogP) is 6.02. The van der Waals surface area contributed by atoms with E-state index in [0.717, 1.165) is 31.4 Å². The molecule has 0 spiro atoms. The average Bonchev–Trinajstić information content (AvgIpc) is 2.53. The highest BCUT2D eigenvalue weighted by molar-refractivity contribution is 5.92. The van der Waals surface area contributed by atoms with Crippen molar-refractivity contribution < 1.29 is 4.79 Å². The molecule has 0 heterocycles. The smallest absolute Gasteiger partial charge is 0.244 e. The fraction of sp³-hybridized carbons (Fsp3) is 0.857. The van der Waals surface area contributed by atoms with Crippen molar-refractivity contribution in [3.63, 3.8) is 0 Å². The van der Waals surface area contributed by atoms with E-state index in [9.17, 15) is 4.79 Å². The highest BCUT2D eigenvalue weighted by Gasteiger charge is 2.08. The highest BCUT2D eigenvalue weighted by Crippen LogP contribution is 2.20. The van der Waals surface area contributed by atoms with Gasteiger partial charge in [0.15, 0.2) is 0 Å². The SMILES string of the molecule is CCCCCCCCCCCCC(CCCN(C)C)=C(C)C(N)=O.Cl.N. The van der Waals surface area contributed by atoms with Gasteiger partial charge in [-0.3, -0.25) is 4.79 Å². The summed E-state index contributed by atoms with van der Waals surface area (Å²) >= 11 is 0. The van der Waals surface area contributed by atoms with Gasteiger partial charge in [-0.05, 0) is 53.2 Å². The highest BCUT2D eigenvalue weighted by atomic mass is 35.5. The number of hydrogen-bond donors (Lipinski definition) is 2. The van der Waals surface area contributed by atoms with Crippen LogP contribution in [0.2, 0.25) is 0 Å². The van der Waals surface area contributed by atoms with Crippen LogP contribution in [0.15, 0.2) is 11.1 Å². The van der Waals surface area contributed by atoms with E-state index in [-0.39, 0.29) is 24.5 Å². The van der Waals surface area contributed by atoms with E-state index >= 15 is 0 Å². The van der Waals surface area contributed by atoms with Crippen molar-refractivity contribution in [2.75, 3.05) is 20.6 Å². The number of hydrogen-bond acceptors (Lipinski definition) is 3. The fourth-order valence-electron chi connectivity index (χ4n) is 3.11. The number of unbranched alkanes of at least 4 members (excludes halogenated alkanes) is 9. The van der Waals surface area contributed by atoms with E-state index < -0.39 is 0 Å². The first-order valence-corrected chi connectivity index (χ1v) is 10.1. The Hall–Kier alpha value is -0.580. The summed E-state index contributed by atoms with van der Waals surface area (Å²) < 4.78 is 0. The molecule has 0 aliphatic carbocycles. The van der Waals surface area contributed by atoms with Crippen LogP contribution in [0.3, 0.4) is 0 Å². The Kier molecular flexibility index (Phi) is 24.0. The van der Waals surface area contributed by atoms with Gasteiger partial charge in [0.1, 0.15) is 0 Å². The zero-order valence-corrected chi connectivity index (χ0v) is 18.8. The molecule has 158 valence electrons. The summed E-state index contributed by atoms with van der Waals surface area (Å²) in [6, 6.07) is 0. The molecule has 0 fully saturated rings. The van der Waals surface area contributed by atoms with E-state index in [1.165, 1.54) is 69.8 Å². The number of amides is 1. The molecule has 0 aromatic rings. The molecule has 0 aliphatic heterocycles. The number of nitrogens with two attached hydrogens (primary N) is 1. The van der Waals surface area contributed by atoms with Gasteiger partial charge in [0.25, 0.3) is 0 Å². The number of halogens is 1. The molecule has 1 amide bonds. The minimum absolute atomic E-state index is 0. The number of nitrogens with zero attached hydrogens (tertiary/aromatic N) is 1. The van der Waals surface area contributed by atoms with Gasteiger partial charge in [0.2, 0.25) is 5.91 Å². The Bertz CT molecular complexity index is 357. The van der Waals surface area contributed by atoms with Crippen LogP contribution in [-0.4, -0.2) is 31.4 Å². The van der Waals surface area contributed by atoms with E-state index in [1.54, 1.807) is 0 Å². The van der Waals surface area contributed by atoms with E-state index in [1.807, 2.05) is 6.92 Å². The third-order valence-corrected chi connectivity index (χ3v) is 4.82. The summed E-state index contributed by atoms with van der Waals surface area (Å²) in [5.74, 6) is -0.248. The van der Waals surface area contributed by atoms with Crippen molar-refractivity contribution in [3.05, 3.63) is 11.1 Å². The zero-order valence-electron chi connectivity index (χ0n) is 17.9. The van der Waals surface area contributed by atoms with Gasteiger partial charge in [-0.15, -0.1) is 12.4 Å². The molecule has 0 aromatic carbocycles. The maximum Gasteiger partial charge on any atom is 0.244 e. The van der Waals surface area contributed by atoms with Crippen LogP contribution >= 0.6 is 12.4 Å². The summed E-state index contributed by atoms with van der Waals surface area (Å²) in [6.45, 7) is 5.22. The topological polar surface area (TPSA) is 81.3 Å². The summed E-state index contributed by atoms with van der Waals surface area (Å²) in [4.78, 5) is 13.7. The lowest BCUT2D eigenvalue weighted by Gasteiger charge is -2.13. The largest absolute Gasteiger partial charge is 0.366 e. The first-order valence-electron chi connectivity index (χ1n) is 10.1. The van der Waals surface area contributed by atoms with Gasteiger partial charge in [0, 0.05) is 5.57 Å². The second-order valence-corrected chi connectivity index (χ2v) is 7.43. The molecule has 0 saturated carbocycles. The molecule has 0 radical (unpaired) electrons. The summed E-state index contributed by atoms with van der Waals surface area (Å²) in [5, 5.41) is 0. The molecule has 4 nitrogen and oxygen atoms in total. The van der Waals surface area contributed by atoms with Crippen LogP contribution in [0.5, 0.6) is 0 Å². The molecule has 0 unspecified atom stereocenters. The molecule has 0 aromatic heterocycles. The third-order valence-electron chi connectivity index (χ3n) is 4.82. The van der Waals surface area contributed by atoms with E-state index in [0.29, 0.717) is 0 Å². The number of primary amides is 1. The molecular weight excluding hydrogens is 346 g/mol. The van der Waals surface area contributed by atoms with Crippen LogP contribution in [0.4, 0.5) is 0 Å². The normalized spacial score (nSPS) is 11.6. The first-order chi connectivity index (χ1) is 11.5. The lowest BCUT2D eigenvalue weighted by Crippen LogP contribution is -2.16. The van der Waals surface area contributed by atoms with Gasteiger partial charge < -0.3 is 16.8 Å². The predicted molar refractivity (Wildman–Crippen MR) is 118 cm³/mol. The maximum absolute atomic E-state index is 11.5. The Morgan fingerprint density at radius 1 is 0.808 bits per heavy atom. The van der Waals surface area contributed by atoms with Crippen LogP contribution < -0.4 is 11.9 Å². The van der Waals surface area contributed by atoms with Crippen molar-refractivity contribution in [3.8, 4) is 0 Å². The van der Waals surface area contributed by atoms with Crippen molar-refractivity contribution >= 4 is 18.3 Å². The third kappa shape index (κ3) is 18.2. The maximum atomic E-state index is 11.5. The lowest BCUT2D eigenvalue weighted by atomic mass is 9.96. The number of carbonyl (C=O) groups is 1. The molecule has 0 rings (SSSR count). The lowest BCUT2D eigenvalue weighted by molar-refractivity contribution is -0.114. The van der Waals surface area contributed by atoms with Gasteiger partial charge in [-0.1, -0.05) is 70.3 Å². The van der Waals surface area contributed by atoms with Crippen LogP contribution in [-0.2, 0) is 4.79 Å². The van der Waals surface area contributed by atoms with Gasteiger partial charge in [-0.25, -0.2) is 0 Å². The molecule has 26 heavy (non-hydrogen) atoms. The Morgan fingerprint density at radius 3 is 1.65 bits per heavy atom. The Labute approximate surface area is 169 Å². The fourth-order valence-corrected chi connectivity index (χ4v) is 3.11. The minimum atomic E-state index is -0.248. The number of allylic oxidation sites excluding steroid dienone is 1.